The number of fused-ring (bicyclic) bond motifs is 1. The Balaban J connectivity index is 1.55. The largest absolute Gasteiger partial charge is 0.352 e. The van der Waals surface area contributed by atoms with Crippen LogP contribution in [-0.2, 0) is 13.5 Å². The minimum absolute atomic E-state index is 0.0909. The fourth-order valence-electron chi connectivity index (χ4n) is 3.41. The van der Waals surface area contributed by atoms with Gasteiger partial charge in [-0.05, 0) is 31.4 Å². The molecule has 4 aromatic rings. The normalized spacial score (nSPS) is 11.0. The van der Waals surface area contributed by atoms with Crippen LogP contribution in [0.3, 0.4) is 0 Å². The molecule has 0 aliphatic carbocycles. The van der Waals surface area contributed by atoms with Gasteiger partial charge in [0, 0.05) is 19.2 Å². The highest BCUT2D eigenvalue weighted by molar-refractivity contribution is 6.06. The summed E-state index contributed by atoms with van der Waals surface area (Å²) < 4.78 is 1.71. The molecule has 5 heteroatoms. The van der Waals surface area contributed by atoms with E-state index >= 15 is 0 Å². The molecular weight excluding hydrogens is 360 g/mol. The molecule has 0 aliphatic rings. The number of nitrogens with one attached hydrogen (secondary N) is 1. The standard InChI is InChI=1S/C24H24N4O/c1-17-10-12-19(13-11-17)22-15-20(21-16-26-28(2)23(21)27-22)24(29)25-14-6-9-18-7-4-3-5-8-18/h3-5,7-8,10-13,15-16H,6,9,14H2,1-2H3,(H,25,29). The van der Waals surface area contributed by atoms with Gasteiger partial charge in [0.2, 0.25) is 0 Å². The van der Waals surface area contributed by atoms with Gasteiger partial charge in [-0.3, -0.25) is 9.48 Å². The van der Waals surface area contributed by atoms with Gasteiger partial charge in [-0.15, -0.1) is 0 Å². The fraction of sp³-hybridized carbons (Fsp3) is 0.208. The second-order valence-electron chi connectivity index (χ2n) is 7.27. The number of carbonyl (C=O) groups excluding carboxylic acids is 1. The van der Waals surface area contributed by atoms with Gasteiger partial charge in [-0.2, -0.15) is 5.10 Å². The molecular formula is C24H24N4O. The van der Waals surface area contributed by atoms with Crippen LogP contribution in [0, 0.1) is 6.92 Å². The highest BCUT2D eigenvalue weighted by atomic mass is 16.1. The van der Waals surface area contributed by atoms with E-state index in [0.717, 1.165) is 29.5 Å². The van der Waals surface area contributed by atoms with Crippen molar-refractivity contribution in [2.24, 2.45) is 7.05 Å². The number of hydrogen-bond donors (Lipinski definition) is 1. The summed E-state index contributed by atoms with van der Waals surface area (Å²) in [5.74, 6) is -0.0909. The summed E-state index contributed by atoms with van der Waals surface area (Å²) in [6.45, 7) is 2.67. The molecule has 0 fully saturated rings. The van der Waals surface area contributed by atoms with Gasteiger partial charge >= 0.3 is 0 Å². The van der Waals surface area contributed by atoms with E-state index in [0.29, 0.717) is 17.8 Å². The third-order valence-electron chi connectivity index (χ3n) is 5.07. The Morgan fingerprint density at radius 2 is 1.83 bits per heavy atom. The van der Waals surface area contributed by atoms with Crippen LogP contribution in [0.1, 0.15) is 27.9 Å². The molecule has 0 saturated carbocycles. The molecule has 2 heterocycles. The first-order valence-corrected chi connectivity index (χ1v) is 9.84. The van der Waals surface area contributed by atoms with Crippen molar-refractivity contribution < 1.29 is 4.79 Å². The predicted molar refractivity (Wildman–Crippen MR) is 116 cm³/mol. The van der Waals surface area contributed by atoms with Crippen LogP contribution in [0.4, 0.5) is 0 Å². The van der Waals surface area contributed by atoms with Gasteiger partial charge in [-0.1, -0.05) is 60.2 Å². The van der Waals surface area contributed by atoms with Gasteiger partial charge in [0.15, 0.2) is 5.65 Å². The smallest absolute Gasteiger partial charge is 0.252 e. The van der Waals surface area contributed by atoms with Gasteiger partial charge in [0.05, 0.1) is 22.8 Å². The third-order valence-corrected chi connectivity index (χ3v) is 5.07. The van der Waals surface area contributed by atoms with Gasteiger partial charge in [0.1, 0.15) is 0 Å². The van der Waals surface area contributed by atoms with Crippen LogP contribution < -0.4 is 5.32 Å². The van der Waals surface area contributed by atoms with Crippen molar-refractivity contribution in [1.82, 2.24) is 20.1 Å². The number of aromatic nitrogens is 3. The average Bonchev–Trinajstić information content (AvgIpc) is 3.12. The number of pyridine rings is 1. The Kier molecular flexibility index (Phi) is 5.38. The SMILES string of the molecule is Cc1ccc(-c2cc(C(=O)NCCCc3ccccc3)c3cnn(C)c3n2)cc1. The number of benzene rings is 2. The molecule has 0 spiro atoms. The average molecular weight is 384 g/mol. The van der Waals surface area contributed by atoms with E-state index < -0.39 is 0 Å². The molecule has 29 heavy (non-hydrogen) atoms. The molecule has 0 unspecified atom stereocenters. The Morgan fingerprint density at radius 1 is 1.07 bits per heavy atom. The predicted octanol–water partition coefficient (Wildman–Crippen LogP) is 4.31. The summed E-state index contributed by atoms with van der Waals surface area (Å²) >= 11 is 0. The molecule has 0 atom stereocenters. The molecule has 146 valence electrons. The van der Waals surface area contributed by atoms with E-state index in [4.69, 9.17) is 4.98 Å². The Bertz CT molecular complexity index is 1130. The maximum atomic E-state index is 12.9. The second-order valence-corrected chi connectivity index (χ2v) is 7.27. The fourth-order valence-corrected chi connectivity index (χ4v) is 3.41. The molecule has 1 N–H and O–H groups in total. The van der Waals surface area contributed by atoms with E-state index in [1.165, 1.54) is 11.1 Å². The lowest BCUT2D eigenvalue weighted by molar-refractivity contribution is 0.0955. The molecule has 0 bridgehead atoms. The monoisotopic (exact) mass is 384 g/mol. The Labute approximate surface area is 170 Å². The summed E-state index contributed by atoms with van der Waals surface area (Å²) in [6, 6.07) is 20.3. The first-order valence-electron chi connectivity index (χ1n) is 9.84. The van der Waals surface area contributed by atoms with E-state index in [2.05, 4.69) is 29.5 Å². The lowest BCUT2D eigenvalue weighted by Crippen LogP contribution is -2.25. The van der Waals surface area contributed by atoms with Crippen LogP contribution >= 0.6 is 0 Å². The van der Waals surface area contributed by atoms with Crippen LogP contribution in [0.15, 0.2) is 66.9 Å². The molecule has 0 aliphatic heterocycles. The molecule has 2 aromatic heterocycles. The molecule has 4 rings (SSSR count). The van der Waals surface area contributed by atoms with E-state index in [1.807, 2.05) is 55.6 Å². The minimum atomic E-state index is -0.0909. The lowest BCUT2D eigenvalue weighted by atomic mass is 10.0. The van der Waals surface area contributed by atoms with Gasteiger partial charge in [-0.25, -0.2) is 4.98 Å². The van der Waals surface area contributed by atoms with Crippen molar-refractivity contribution in [1.29, 1.82) is 0 Å². The number of amides is 1. The quantitative estimate of drug-likeness (QED) is 0.504. The summed E-state index contributed by atoms with van der Waals surface area (Å²) in [5.41, 5.74) is 5.54. The maximum Gasteiger partial charge on any atom is 0.252 e. The zero-order valence-electron chi connectivity index (χ0n) is 16.7. The van der Waals surface area contributed by atoms with Crippen LogP contribution in [0.5, 0.6) is 0 Å². The van der Waals surface area contributed by atoms with Crippen molar-refractivity contribution in [2.45, 2.75) is 19.8 Å². The summed E-state index contributed by atoms with van der Waals surface area (Å²) in [7, 11) is 1.84. The van der Waals surface area contributed by atoms with Crippen LogP contribution in [-0.4, -0.2) is 27.2 Å². The molecule has 5 nitrogen and oxygen atoms in total. The number of hydrogen-bond acceptors (Lipinski definition) is 3. The van der Waals surface area contributed by atoms with E-state index in [-0.39, 0.29) is 5.91 Å². The van der Waals surface area contributed by atoms with Crippen LogP contribution in [0.2, 0.25) is 0 Å². The highest BCUT2D eigenvalue weighted by Crippen LogP contribution is 2.25. The number of rotatable bonds is 6. The van der Waals surface area contributed by atoms with E-state index in [9.17, 15) is 4.79 Å². The Hall–Kier alpha value is -3.47. The van der Waals surface area contributed by atoms with Crippen molar-refractivity contribution in [3.05, 3.63) is 83.6 Å². The molecule has 0 saturated heterocycles. The van der Waals surface area contributed by atoms with E-state index in [1.54, 1.807) is 10.9 Å². The highest BCUT2D eigenvalue weighted by Gasteiger charge is 2.16. The number of aryl methyl sites for hydroxylation is 3. The zero-order chi connectivity index (χ0) is 20.2. The number of carbonyl (C=O) groups is 1. The van der Waals surface area contributed by atoms with Crippen LogP contribution in [0.25, 0.3) is 22.3 Å². The summed E-state index contributed by atoms with van der Waals surface area (Å²) in [4.78, 5) is 17.7. The van der Waals surface area contributed by atoms with Gasteiger partial charge < -0.3 is 5.32 Å². The first-order chi connectivity index (χ1) is 14.1. The summed E-state index contributed by atoms with van der Waals surface area (Å²) in [5, 5.41) is 8.12. The van der Waals surface area contributed by atoms with Crippen molar-refractivity contribution in [3.63, 3.8) is 0 Å². The molecule has 1 amide bonds. The number of nitrogens with zero attached hydrogens (tertiary/aromatic N) is 3. The lowest BCUT2D eigenvalue weighted by Gasteiger charge is -2.09. The second kappa shape index (κ2) is 8.27. The molecule has 0 radical (unpaired) electrons. The van der Waals surface area contributed by atoms with Crippen molar-refractivity contribution in [2.75, 3.05) is 6.54 Å². The first kappa shape index (κ1) is 18.9. The topological polar surface area (TPSA) is 59.8 Å². The summed E-state index contributed by atoms with van der Waals surface area (Å²) in [6.07, 6.45) is 3.54. The Morgan fingerprint density at radius 3 is 2.59 bits per heavy atom. The minimum Gasteiger partial charge on any atom is -0.352 e. The zero-order valence-corrected chi connectivity index (χ0v) is 16.7. The third kappa shape index (κ3) is 4.19. The molecule has 2 aromatic carbocycles. The maximum absolute atomic E-state index is 12.9. The van der Waals surface area contributed by atoms with Crippen molar-refractivity contribution in [3.8, 4) is 11.3 Å². The van der Waals surface area contributed by atoms with Gasteiger partial charge in [0.25, 0.3) is 5.91 Å². The van der Waals surface area contributed by atoms with Crippen molar-refractivity contribution >= 4 is 16.9 Å².